The largest absolute Gasteiger partial charge is 0.497 e. The lowest BCUT2D eigenvalue weighted by Crippen LogP contribution is -2.59. The first-order valence-electron chi connectivity index (χ1n) is 11.0. The summed E-state index contributed by atoms with van der Waals surface area (Å²) in [5.41, 5.74) is 1.04. The van der Waals surface area contributed by atoms with E-state index in [1.165, 1.54) is 19.3 Å². The van der Waals surface area contributed by atoms with Crippen molar-refractivity contribution in [1.29, 1.82) is 0 Å². The van der Waals surface area contributed by atoms with E-state index in [0.29, 0.717) is 13.0 Å². The van der Waals surface area contributed by atoms with Crippen LogP contribution < -0.4 is 10.1 Å². The minimum absolute atomic E-state index is 0.00999. The summed E-state index contributed by atoms with van der Waals surface area (Å²) in [6, 6.07) is 7.58. The van der Waals surface area contributed by atoms with E-state index in [1.807, 2.05) is 24.3 Å². The van der Waals surface area contributed by atoms with Gasteiger partial charge < -0.3 is 19.5 Å². The number of carbonyl (C=O) groups excluding carboxylic acids is 2. The molecule has 3 rings (SSSR count). The first kappa shape index (κ1) is 22.6. The van der Waals surface area contributed by atoms with Crippen molar-refractivity contribution < 1.29 is 23.8 Å². The van der Waals surface area contributed by atoms with Gasteiger partial charge in [-0.05, 0) is 37.0 Å². The van der Waals surface area contributed by atoms with Crippen molar-refractivity contribution in [2.45, 2.75) is 50.5 Å². The number of nitrogens with one attached hydrogen (secondary N) is 1. The minimum atomic E-state index is -0.360. The van der Waals surface area contributed by atoms with Crippen LogP contribution in [0.2, 0.25) is 0 Å². The van der Waals surface area contributed by atoms with Gasteiger partial charge in [0, 0.05) is 31.6 Å². The Kier molecular flexibility index (Phi) is 8.51. The number of esters is 1. The van der Waals surface area contributed by atoms with E-state index in [2.05, 4.69) is 10.2 Å². The van der Waals surface area contributed by atoms with Gasteiger partial charge in [-0.3, -0.25) is 14.5 Å². The lowest BCUT2D eigenvalue weighted by Gasteiger charge is -2.48. The molecule has 1 amide bonds. The third-order valence-electron chi connectivity index (χ3n) is 6.22. The van der Waals surface area contributed by atoms with Crippen molar-refractivity contribution in [2.75, 3.05) is 46.6 Å². The van der Waals surface area contributed by atoms with Crippen LogP contribution in [0.3, 0.4) is 0 Å². The van der Waals surface area contributed by atoms with Crippen LogP contribution in [0.15, 0.2) is 24.3 Å². The van der Waals surface area contributed by atoms with Crippen LogP contribution in [0.4, 0.5) is 0 Å². The first-order chi connectivity index (χ1) is 14.6. The summed E-state index contributed by atoms with van der Waals surface area (Å²) in [5, 5.41) is 3.02. The van der Waals surface area contributed by atoms with Crippen molar-refractivity contribution in [2.24, 2.45) is 0 Å². The standard InChI is InChI=1S/C23H34N2O5/c1-28-20-8-5-19(6-9-20)7-10-22(27)30-17-21(26)24-18-23(11-3-2-4-12-23)25-13-15-29-16-14-25/h5-6,8-9H,2-4,7,10-18H2,1H3,(H,24,26). The first-order valence-corrected chi connectivity index (χ1v) is 11.0. The van der Waals surface area contributed by atoms with Crippen LogP contribution in [0.25, 0.3) is 0 Å². The quantitative estimate of drug-likeness (QED) is 0.620. The molecule has 7 heteroatoms. The van der Waals surface area contributed by atoms with Gasteiger partial charge in [0.2, 0.25) is 0 Å². The van der Waals surface area contributed by atoms with Crippen molar-refractivity contribution in [3.05, 3.63) is 29.8 Å². The summed E-state index contributed by atoms with van der Waals surface area (Å²) < 4.78 is 15.8. The average Bonchev–Trinajstić information content (AvgIpc) is 2.81. The maximum atomic E-state index is 12.3. The molecule has 2 fully saturated rings. The van der Waals surface area contributed by atoms with Crippen LogP contribution in [-0.2, 0) is 25.5 Å². The van der Waals surface area contributed by atoms with E-state index in [1.54, 1.807) is 7.11 Å². The van der Waals surface area contributed by atoms with Gasteiger partial charge in [-0.25, -0.2) is 0 Å². The number of benzene rings is 1. The molecule has 0 radical (unpaired) electrons. The number of hydrogen-bond acceptors (Lipinski definition) is 6. The zero-order chi connectivity index (χ0) is 21.2. The van der Waals surface area contributed by atoms with E-state index in [9.17, 15) is 9.59 Å². The average molecular weight is 419 g/mol. The van der Waals surface area contributed by atoms with Gasteiger partial charge in [0.25, 0.3) is 5.91 Å². The fourth-order valence-corrected chi connectivity index (χ4v) is 4.42. The predicted molar refractivity (Wildman–Crippen MR) is 113 cm³/mol. The Bertz CT molecular complexity index is 679. The molecule has 166 valence electrons. The van der Waals surface area contributed by atoms with Crippen molar-refractivity contribution in [3.63, 3.8) is 0 Å². The van der Waals surface area contributed by atoms with Gasteiger partial charge in [-0.2, -0.15) is 0 Å². The maximum Gasteiger partial charge on any atom is 0.306 e. The molecule has 1 aromatic rings. The van der Waals surface area contributed by atoms with E-state index < -0.39 is 0 Å². The van der Waals surface area contributed by atoms with Crippen LogP contribution in [0, 0.1) is 0 Å². The molecule has 0 aromatic heterocycles. The normalized spacial score (nSPS) is 19.1. The number of ether oxygens (including phenoxy) is 3. The highest BCUT2D eigenvalue weighted by Crippen LogP contribution is 2.33. The Balaban J connectivity index is 1.39. The van der Waals surface area contributed by atoms with Gasteiger partial charge in [0.1, 0.15) is 5.75 Å². The summed E-state index contributed by atoms with van der Waals surface area (Å²) in [5.74, 6) is 0.193. The molecule has 7 nitrogen and oxygen atoms in total. The number of aryl methyl sites for hydroxylation is 1. The molecule has 1 aliphatic carbocycles. The lowest BCUT2D eigenvalue weighted by atomic mass is 9.79. The van der Waals surface area contributed by atoms with Gasteiger partial charge in [-0.1, -0.05) is 31.4 Å². The van der Waals surface area contributed by atoms with Gasteiger partial charge in [0.05, 0.1) is 20.3 Å². The van der Waals surface area contributed by atoms with Crippen LogP contribution in [-0.4, -0.2) is 68.9 Å². The Morgan fingerprint density at radius 3 is 2.47 bits per heavy atom. The third kappa shape index (κ3) is 6.44. The number of methoxy groups -OCH3 is 1. The maximum absolute atomic E-state index is 12.3. The van der Waals surface area contributed by atoms with Crippen molar-refractivity contribution in [1.82, 2.24) is 10.2 Å². The fraction of sp³-hybridized carbons (Fsp3) is 0.652. The molecule has 0 spiro atoms. The summed E-state index contributed by atoms with van der Waals surface area (Å²) in [6.45, 7) is 3.71. The zero-order valence-electron chi connectivity index (χ0n) is 18.0. The Labute approximate surface area is 179 Å². The van der Waals surface area contributed by atoms with Gasteiger partial charge >= 0.3 is 5.97 Å². The zero-order valence-corrected chi connectivity index (χ0v) is 18.0. The van der Waals surface area contributed by atoms with Crippen LogP contribution >= 0.6 is 0 Å². The topological polar surface area (TPSA) is 77.1 Å². The molecule has 0 atom stereocenters. The Morgan fingerprint density at radius 1 is 1.10 bits per heavy atom. The molecule has 1 heterocycles. The van der Waals surface area contributed by atoms with Crippen LogP contribution in [0.5, 0.6) is 5.75 Å². The summed E-state index contributed by atoms with van der Waals surface area (Å²) >= 11 is 0. The second-order valence-electron chi connectivity index (χ2n) is 8.17. The molecule has 0 unspecified atom stereocenters. The number of morpholine rings is 1. The van der Waals surface area contributed by atoms with Crippen LogP contribution in [0.1, 0.15) is 44.1 Å². The molecule has 1 N–H and O–H groups in total. The fourth-order valence-electron chi connectivity index (χ4n) is 4.42. The van der Waals surface area contributed by atoms with Gasteiger partial charge in [0.15, 0.2) is 6.61 Å². The van der Waals surface area contributed by atoms with Crippen molar-refractivity contribution in [3.8, 4) is 5.75 Å². The second kappa shape index (κ2) is 11.3. The number of hydrogen-bond donors (Lipinski definition) is 1. The molecular weight excluding hydrogens is 384 g/mol. The Morgan fingerprint density at radius 2 is 1.80 bits per heavy atom. The monoisotopic (exact) mass is 418 g/mol. The number of amides is 1. The van der Waals surface area contributed by atoms with E-state index in [4.69, 9.17) is 14.2 Å². The lowest BCUT2D eigenvalue weighted by molar-refractivity contribution is -0.148. The third-order valence-corrected chi connectivity index (χ3v) is 6.22. The second-order valence-corrected chi connectivity index (χ2v) is 8.17. The molecule has 0 bridgehead atoms. The van der Waals surface area contributed by atoms with E-state index in [0.717, 1.165) is 50.5 Å². The molecule has 1 saturated carbocycles. The molecule has 1 saturated heterocycles. The number of carbonyl (C=O) groups is 2. The van der Waals surface area contributed by atoms with E-state index >= 15 is 0 Å². The molecule has 1 aromatic carbocycles. The predicted octanol–water partition coefficient (Wildman–Crippen LogP) is 2.32. The molecular formula is C23H34N2O5. The SMILES string of the molecule is COc1ccc(CCC(=O)OCC(=O)NCC2(N3CCOCC3)CCCCC2)cc1. The minimum Gasteiger partial charge on any atom is -0.497 e. The smallest absolute Gasteiger partial charge is 0.306 e. The molecule has 2 aliphatic rings. The Hall–Kier alpha value is -2.12. The highest BCUT2D eigenvalue weighted by molar-refractivity contribution is 5.80. The highest BCUT2D eigenvalue weighted by atomic mass is 16.5. The highest BCUT2D eigenvalue weighted by Gasteiger charge is 2.38. The number of nitrogens with zero attached hydrogens (tertiary/aromatic N) is 1. The summed E-state index contributed by atoms with van der Waals surface area (Å²) in [6.07, 6.45) is 6.64. The molecule has 1 aliphatic heterocycles. The van der Waals surface area contributed by atoms with Gasteiger partial charge in [-0.15, -0.1) is 0 Å². The number of rotatable bonds is 9. The van der Waals surface area contributed by atoms with E-state index in [-0.39, 0.29) is 30.4 Å². The van der Waals surface area contributed by atoms with Crippen molar-refractivity contribution >= 4 is 11.9 Å². The molecule has 30 heavy (non-hydrogen) atoms. The summed E-state index contributed by atoms with van der Waals surface area (Å²) in [4.78, 5) is 26.8. The summed E-state index contributed by atoms with van der Waals surface area (Å²) in [7, 11) is 1.62.